The number of rotatable bonds is 3. The van der Waals surface area contributed by atoms with E-state index in [0.717, 1.165) is 22.6 Å². The Morgan fingerprint density at radius 3 is 2.43 bits per heavy atom. The maximum Gasteiger partial charge on any atom is 0.244 e. The Balaban J connectivity index is 1.75. The molecule has 0 aromatic carbocycles. The summed E-state index contributed by atoms with van der Waals surface area (Å²) in [7, 11) is -3.46. The van der Waals surface area contributed by atoms with Crippen LogP contribution >= 0.6 is 11.3 Å². The fraction of sp³-hybridized carbons (Fsp3) is 0.688. The van der Waals surface area contributed by atoms with Crippen molar-refractivity contribution in [2.24, 2.45) is 5.41 Å². The van der Waals surface area contributed by atoms with Crippen LogP contribution in [-0.2, 0) is 14.8 Å². The molecular formula is C16H24N2O3S2. The van der Waals surface area contributed by atoms with E-state index in [1.165, 1.54) is 11.3 Å². The summed E-state index contributed by atoms with van der Waals surface area (Å²) >= 11 is 1.51. The van der Waals surface area contributed by atoms with Gasteiger partial charge in [0.25, 0.3) is 0 Å². The van der Waals surface area contributed by atoms with Crippen molar-refractivity contribution in [3.05, 3.63) is 15.8 Å². The molecule has 3 rings (SSSR count). The van der Waals surface area contributed by atoms with Crippen LogP contribution in [-0.4, -0.2) is 49.7 Å². The van der Waals surface area contributed by atoms with Gasteiger partial charge in [-0.1, -0.05) is 6.92 Å². The second kappa shape index (κ2) is 5.86. The van der Waals surface area contributed by atoms with Crippen LogP contribution in [0.25, 0.3) is 0 Å². The quantitative estimate of drug-likeness (QED) is 0.835. The van der Waals surface area contributed by atoms with Crippen molar-refractivity contribution in [3.63, 3.8) is 0 Å². The van der Waals surface area contributed by atoms with E-state index >= 15 is 0 Å². The molecule has 0 radical (unpaired) electrons. The average molecular weight is 357 g/mol. The molecule has 2 heterocycles. The van der Waals surface area contributed by atoms with Crippen molar-refractivity contribution in [2.75, 3.05) is 26.2 Å². The van der Waals surface area contributed by atoms with Crippen LogP contribution in [0.15, 0.2) is 11.0 Å². The monoisotopic (exact) mass is 356 g/mol. The Labute approximate surface area is 142 Å². The van der Waals surface area contributed by atoms with Crippen molar-refractivity contribution in [3.8, 4) is 0 Å². The molecule has 128 valence electrons. The number of hydrogen-bond donors (Lipinski definition) is 0. The van der Waals surface area contributed by atoms with Crippen molar-refractivity contribution < 1.29 is 13.2 Å². The second-order valence-electron chi connectivity index (χ2n) is 6.89. The minimum absolute atomic E-state index is 0.185. The molecule has 5 nitrogen and oxygen atoms in total. The van der Waals surface area contributed by atoms with Gasteiger partial charge in [0, 0.05) is 41.3 Å². The van der Waals surface area contributed by atoms with Crippen LogP contribution in [0.4, 0.5) is 0 Å². The van der Waals surface area contributed by atoms with Gasteiger partial charge in [-0.15, -0.1) is 11.3 Å². The largest absolute Gasteiger partial charge is 0.341 e. The Kier molecular flexibility index (Phi) is 4.31. The summed E-state index contributed by atoms with van der Waals surface area (Å²) in [6, 6.07) is 1.76. The molecule has 2 aliphatic rings. The van der Waals surface area contributed by atoms with Gasteiger partial charge in [0.2, 0.25) is 15.9 Å². The highest BCUT2D eigenvalue weighted by Crippen LogP contribution is 2.46. The Morgan fingerprint density at radius 1 is 1.17 bits per heavy atom. The van der Waals surface area contributed by atoms with E-state index in [-0.39, 0.29) is 11.3 Å². The molecule has 1 aliphatic heterocycles. The van der Waals surface area contributed by atoms with E-state index in [9.17, 15) is 13.2 Å². The number of amides is 1. The molecule has 0 unspecified atom stereocenters. The zero-order chi connectivity index (χ0) is 16.8. The second-order valence-corrected chi connectivity index (χ2v) is 10.3. The first-order valence-electron chi connectivity index (χ1n) is 8.11. The highest BCUT2D eigenvalue weighted by molar-refractivity contribution is 7.89. The zero-order valence-corrected chi connectivity index (χ0v) is 15.6. The minimum Gasteiger partial charge on any atom is -0.341 e. The molecule has 1 saturated carbocycles. The maximum atomic E-state index is 12.9. The van der Waals surface area contributed by atoms with Gasteiger partial charge in [-0.25, -0.2) is 8.42 Å². The molecule has 7 heteroatoms. The first kappa shape index (κ1) is 16.9. The standard InChI is InChI=1S/C16H24N2O3S2/c1-12-11-14(13(2)22-12)23(20,21)18-8-4-7-17(9-10-18)15(19)16(3)5-6-16/h11H,4-10H2,1-3H3. The molecule has 0 spiro atoms. The lowest BCUT2D eigenvalue weighted by Crippen LogP contribution is -2.40. The van der Waals surface area contributed by atoms with E-state index < -0.39 is 10.0 Å². The molecule has 1 aliphatic carbocycles. The Bertz CT molecular complexity index is 720. The predicted octanol–water partition coefficient (Wildman–Crippen LogP) is 2.39. The van der Waals surface area contributed by atoms with Gasteiger partial charge in [-0.05, 0) is 39.2 Å². The number of carbonyl (C=O) groups is 1. The summed E-state index contributed by atoms with van der Waals surface area (Å²) < 4.78 is 27.3. The molecular weight excluding hydrogens is 332 g/mol. The molecule has 2 fully saturated rings. The third-order valence-electron chi connectivity index (χ3n) is 4.87. The lowest BCUT2D eigenvalue weighted by Gasteiger charge is -2.24. The van der Waals surface area contributed by atoms with Gasteiger partial charge in [0.15, 0.2) is 0 Å². The SMILES string of the molecule is Cc1cc(S(=O)(=O)N2CCCN(C(=O)C3(C)CC3)CC2)c(C)s1. The number of nitrogens with zero attached hydrogens (tertiary/aromatic N) is 2. The van der Waals surface area contributed by atoms with Gasteiger partial charge in [0.05, 0.1) is 4.90 Å². The molecule has 1 aromatic heterocycles. The first-order valence-corrected chi connectivity index (χ1v) is 10.4. The number of sulfonamides is 1. The van der Waals surface area contributed by atoms with Crippen molar-refractivity contribution in [1.29, 1.82) is 0 Å². The van der Waals surface area contributed by atoms with Crippen LogP contribution in [0.1, 0.15) is 35.9 Å². The van der Waals surface area contributed by atoms with Crippen LogP contribution in [0.3, 0.4) is 0 Å². The lowest BCUT2D eigenvalue weighted by atomic mass is 10.1. The van der Waals surface area contributed by atoms with E-state index in [4.69, 9.17) is 0 Å². The third kappa shape index (κ3) is 3.19. The van der Waals surface area contributed by atoms with Gasteiger partial charge in [-0.3, -0.25) is 4.79 Å². The molecule has 23 heavy (non-hydrogen) atoms. The minimum atomic E-state index is -3.46. The maximum absolute atomic E-state index is 12.9. The number of aryl methyl sites for hydroxylation is 2. The molecule has 0 N–H and O–H groups in total. The van der Waals surface area contributed by atoms with Crippen molar-refractivity contribution in [2.45, 2.75) is 44.9 Å². The van der Waals surface area contributed by atoms with Gasteiger partial charge in [0.1, 0.15) is 0 Å². The highest BCUT2D eigenvalue weighted by Gasteiger charge is 2.47. The van der Waals surface area contributed by atoms with Crippen LogP contribution in [0, 0.1) is 19.3 Å². The smallest absolute Gasteiger partial charge is 0.244 e. The molecule has 1 saturated heterocycles. The fourth-order valence-electron chi connectivity index (χ4n) is 3.12. The predicted molar refractivity (Wildman–Crippen MR) is 91.1 cm³/mol. The van der Waals surface area contributed by atoms with E-state index in [1.807, 2.05) is 25.7 Å². The number of hydrogen-bond acceptors (Lipinski definition) is 4. The topological polar surface area (TPSA) is 57.7 Å². The fourth-order valence-corrected chi connectivity index (χ4v) is 6.12. The van der Waals surface area contributed by atoms with Crippen molar-refractivity contribution in [1.82, 2.24) is 9.21 Å². The summed E-state index contributed by atoms with van der Waals surface area (Å²) in [5, 5.41) is 0. The molecule has 0 bridgehead atoms. The first-order chi connectivity index (χ1) is 10.7. The molecule has 1 amide bonds. The summed E-state index contributed by atoms with van der Waals surface area (Å²) in [5.74, 6) is 0.194. The Morgan fingerprint density at radius 2 is 1.87 bits per heavy atom. The summed E-state index contributed by atoms with van der Waals surface area (Å²) in [4.78, 5) is 16.6. The van der Waals surface area contributed by atoms with Gasteiger partial charge in [-0.2, -0.15) is 4.31 Å². The summed E-state index contributed by atoms with van der Waals surface area (Å²) in [6.07, 6.45) is 2.61. The molecule has 0 atom stereocenters. The highest BCUT2D eigenvalue weighted by atomic mass is 32.2. The summed E-state index contributed by atoms with van der Waals surface area (Å²) in [5.41, 5.74) is -0.185. The van der Waals surface area contributed by atoms with E-state index in [2.05, 4.69) is 0 Å². The van der Waals surface area contributed by atoms with Crippen LogP contribution in [0.5, 0.6) is 0 Å². The average Bonchev–Trinajstić information content (AvgIpc) is 3.20. The van der Waals surface area contributed by atoms with Gasteiger partial charge < -0.3 is 4.90 Å². The number of carbonyl (C=O) groups excluding carboxylic acids is 1. The van der Waals surface area contributed by atoms with E-state index in [1.54, 1.807) is 10.4 Å². The third-order valence-corrected chi connectivity index (χ3v) is 7.99. The Hall–Kier alpha value is -0.920. The van der Waals surface area contributed by atoms with Crippen LogP contribution in [0.2, 0.25) is 0 Å². The molecule has 1 aromatic rings. The number of thiophene rings is 1. The van der Waals surface area contributed by atoms with Gasteiger partial charge >= 0.3 is 0 Å². The lowest BCUT2D eigenvalue weighted by molar-refractivity contribution is -0.136. The van der Waals surface area contributed by atoms with E-state index in [0.29, 0.717) is 37.5 Å². The van der Waals surface area contributed by atoms with Crippen LogP contribution < -0.4 is 0 Å². The summed E-state index contributed by atoms with van der Waals surface area (Å²) in [6.45, 7) is 7.81. The normalized spacial score (nSPS) is 22.0. The van der Waals surface area contributed by atoms with Crippen molar-refractivity contribution >= 4 is 27.3 Å². The zero-order valence-electron chi connectivity index (χ0n) is 14.0.